The molecule has 0 saturated heterocycles. The maximum atomic E-state index is 11.2. The molecule has 0 bridgehead atoms. The van der Waals surface area contributed by atoms with Gasteiger partial charge in [-0.25, -0.2) is 4.79 Å². The van der Waals surface area contributed by atoms with Gasteiger partial charge in [0, 0.05) is 6.08 Å². The molecule has 0 aliphatic rings. The van der Waals surface area contributed by atoms with E-state index in [0.717, 1.165) is 0 Å². The van der Waals surface area contributed by atoms with Crippen molar-refractivity contribution in [2.45, 2.75) is 45.5 Å². The van der Waals surface area contributed by atoms with Gasteiger partial charge in [-0.05, 0) is 27.7 Å². The zero-order valence-corrected chi connectivity index (χ0v) is 10.2. The number of esters is 1. The van der Waals surface area contributed by atoms with Crippen molar-refractivity contribution in [1.82, 2.24) is 0 Å². The highest BCUT2D eigenvalue weighted by Crippen LogP contribution is 2.07. The second-order valence-electron chi connectivity index (χ2n) is 4.51. The number of aliphatic hydroxyl groups excluding tert-OH is 2. The average molecular weight is 228 g/mol. The van der Waals surface area contributed by atoms with Crippen molar-refractivity contribution in [1.29, 1.82) is 0 Å². The fraction of sp³-hybridized carbons (Fsp3) is 0.583. The van der Waals surface area contributed by atoms with Crippen molar-refractivity contribution in [2.75, 3.05) is 0 Å². The molecule has 0 radical (unpaired) electrons. The maximum Gasteiger partial charge on any atom is 0.331 e. The topological polar surface area (TPSA) is 66.8 Å². The van der Waals surface area contributed by atoms with E-state index in [9.17, 15) is 9.90 Å². The third kappa shape index (κ3) is 8.20. The van der Waals surface area contributed by atoms with Crippen LogP contribution in [0, 0.1) is 0 Å². The number of carbonyl (C=O) groups excluding carboxylic acids is 1. The first-order chi connectivity index (χ1) is 7.22. The Kier molecular flexibility index (Phi) is 6.00. The molecule has 0 rings (SSSR count). The number of hydrogen-bond donors (Lipinski definition) is 2. The van der Waals surface area contributed by atoms with Crippen LogP contribution in [0.3, 0.4) is 0 Å². The number of aliphatic hydroxyl groups is 2. The first kappa shape index (κ1) is 14.9. The van der Waals surface area contributed by atoms with Gasteiger partial charge in [0.1, 0.15) is 5.60 Å². The summed E-state index contributed by atoms with van der Waals surface area (Å²) in [5, 5.41) is 18.2. The van der Waals surface area contributed by atoms with Crippen LogP contribution in [0.4, 0.5) is 0 Å². The summed E-state index contributed by atoms with van der Waals surface area (Å²) < 4.78 is 5.02. The minimum absolute atomic E-state index is 0.441. The van der Waals surface area contributed by atoms with Crippen molar-refractivity contribution in [3.05, 3.63) is 24.3 Å². The van der Waals surface area contributed by atoms with Crippen LogP contribution in [0.2, 0.25) is 0 Å². The van der Waals surface area contributed by atoms with Crippen LogP contribution in [0.15, 0.2) is 24.3 Å². The third-order valence-corrected chi connectivity index (χ3v) is 1.55. The van der Waals surface area contributed by atoms with Crippen molar-refractivity contribution in [2.24, 2.45) is 0 Å². The van der Waals surface area contributed by atoms with Crippen molar-refractivity contribution < 1.29 is 19.7 Å². The smallest absolute Gasteiger partial charge is 0.331 e. The highest BCUT2D eigenvalue weighted by atomic mass is 16.6. The largest absolute Gasteiger partial charge is 0.457 e. The molecule has 0 aliphatic carbocycles. The Morgan fingerprint density at radius 1 is 1.25 bits per heavy atom. The highest BCUT2D eigenvalue weighted by Gasteiger charge is 2.13. The van der Waals surface area contributed by atoms with Gasteiger partial charge in [-0.1, -0.05) is 18.2 Å². The van der Waals surface area contributed by atoms with E-state index in [2.05, 4.69) is 0 Å². The zero-order valence-electron chi connectivity index (χ0n) is 10.2. The van der Waals surface area contributed by atoms with E-state index in [4.69, 9.17) is 9.84 Å². The Morgan fingerprint density at radius 2 is 1.81 bits per heavy atom. The summed E-state index contributed by atoms with van der Waals surface area (Å²) in [6, 6.07) is 0. The molecule has 4 heteroatoms. The van der Waals surface area contributed by atoms with Crippen molar-refractivity contribution in [3.63, 3.8) is 0 Å². The Bertz CT molecular complexity index is 271. The van der Waals surface area contributed by atoms with E-state index >= 15 is 0 Å². The van der Waals surface area contributed by atoms with Gasteiger partial charge in [-0.2, -0.15) is 0 Å². The Balaban J connectivity index is 4.07. The quantitative estimate of drug-likeness (QED) is 0.431. The molecule has 92 valence electrons. The maximum absolute atomic E-state index is 11.2. The molecule has 2 N–H and O–H groups in total. The molecule has 0 spiro atoms. The molecule has 0 aromatic carbocycles. The molecule has 0 fully saturated rings. The van der Waals surface area contributed by atoms with Gasteiger partial charge >= 0.3 is 5.97 Å². The summed E-state index contributed by atoms with van der Waals surface area (Å²) in [5.74, 6) is -0.441. The lowest BCUT2D eigenvalue weighted by molar-refractivity contribution is -0.148. The van der Waals surface area contributed by atoms with E-state index in [1.54, 1.807) is 20.8 Å². The molecular formula is C12H20O4. The summed E-state index contributed by atoms with van der Waals surface area (Å²) >= 11 is 0. The lowest BCUT2D eigenvalue weighted by Crippen LogP contribution is -2.22. The molecule has 4 nitrogen and oxygen atoms in total. The summed E-state index contributed by atoms with van der Waals surface area (Å²) in [5.41, 5.74) is -0.510. The third-order valence-electron chi connectivity index (χ3n) is 1.55. The van der Waals surface area contributed by atoms with Gasteiger partial charge in [0.2, 0.25) is 0 Å². The molecule has 16 heavy (non-hydrogen) atoms. The lowest BCUT2D eigenvalue weighted by atomic mass is 10.2. The lowest BCUT2D eigenvalue weighted by Gasteiger charge is -2.17. The number of carbonyl (C=O) groups is 1. The zero-order chi connectivity index (χ0) is 12.8. The summed E-state index contributed by atoms with van der Waals surface area (Å²) in [4.78, 5) is 11.2. The second kappa shape index (κ2) is 6.45. The molecule has 0 aromatic rings. The van der Waals surface area contributed by atoms with E-state index in [-0.39, 0.29) is 0 Å². The van der Waals surface area contributed by atoms with Crippen LogP contribution in [0.5, 0.6) is 0 Å². The predicted molar refractivity (Wildman–Crippen MR) is 61.8 cm³/mol. The van der Waals surface area contributed by atoms with Crippen LogP contribution in [0.25, 0.3) is 0 Å². The van der Waals surface area contributed by atoms with Crippen LogP contribution in [0.1, 0.15) is 27.7 Å². The minimum Gasteiger partial charge on any atom is -0.457 e. The molecule has 0 amide bonds. The monoisotopic (exact) mass is 228 g/mol. The number of rotatable bonds is 4. The summed E-state index contributed by atoms with van der Waals surface area (Å²) in [6.45, 7) is 6.83. The molecule has 0 aliphatic heterocycles. The Hall–Kier alpha value is -1.13. The van der Waals surface area contributed by atoms with Gasteiger partial charge in [0.05, 0.1) is 12.2 Å². The fourth-order valence-corrected chi connectivity index (χ4v) is 0.809. The van der Waals surface area contributed by atoms with Crippen molar-refractivity contribution in [3.8, 4) is 0 Å². The first-order valence-electron chi connectivity index (χ1n) is 5.16. The SMILES string of the molecule is CC(O)C(O)/C=C/C=C/C(=O)OC(C)(C)C. The van der Waals surface area contributed by atoms with Gasteiger partial charge in [-0.15, -0.1) is 0 Å². The molecular weight excluding hydrogens is 208 g/mol. The second-order valence-corrected chi connectivity index (χ2v) is 4.51. The van der Waals surface area contributed by atoms with Gasteiger partial charge in [0.15, 0.2) is 0 Å². The standard InChI is InChI=1S/C12H20O4/c1-9(13)10(14)7-5-6-8-11(15)16-12(2,3)4/h5-10,13-14H,1-4H3/b7-5+,8-6+. The molecule has 2 unspecified atom stereocenters. The van der Waals surface area contributed by atoms with E-state index in [0.29, 0.717) is 0 Å². The van der Waals surface area contributed by atoms with Gasteiger partial charge in [0.25, 0.3) is 0 Å². The molecule has 2 atom stereocenters. The van der Waals surface area contributed by atoms with Gasteiger partial charge < -0.3 is 14.9 Å². The first-order valence-corrected chi connectivity index (χ1v) is 5.16. The van der Waals surface area contributed by atoms with Gasteiger partial charge in [-0.3, -0.25) is 0 Å². The van der Waals surface area contributed by atoms with Crippen LogP contribution in [-0.2, 0) is 9.53 Å². The summed E-state index contributed by atoms with van der Waals surface area (Å²) in [7, 11) is 0. The number of hydrogen-bond acceptors (Lipinski definition) is 4. The van der Waals surface area contributed by atoms with Crippen LogP contribution < -0.4 is 0 Å². The molecule has 0 saturated carbocycles. The average Bonchev–Trinajstić information content (AvgIpc) is 2.08. The molecule has 0 aromatic heterocycles. The highest BCUT2D eigenvalue weighted by molar-refractivity contribution is 5.82. The van der Waals surface area contributed by atoms with E-state index in [1.165, 1.54) is 31.2 Å². The normalized spacial score (nSPS) is 16.6. The van der Waals surface area contributed by atoms with Crippen LogP contribution >= 0.6 is 0 Å². The minimum atomic E-state index is -0.928. The Morgan fingerprint density at radius 3 is 2.25 bits per heavy atom. The number of allylic oxidation sites excluding steroid dienone is 2. The predicted octanol–water partition coefficient (Wildman–Crippen LogP) is 1.18. The number of ether oxygens (including phenoxy) is 1. The van der Waals surface area contributed by atoms with Crippen LogP contribution in [-0.4, -0.2) is 34.0 Å². The Labute approximate surface area is 96.2 Å². The van der Waals surface area contributed by atoms with E-state index < -0.39 is 23.8 Å². The van der Waals surface area contributed by atoms with Crippen molar-refractivity contribution >= 4 is 5.97 Å². The fourth-order valence-electron chi connectivity index (χ4n) is 0.809. The van der Waals surface area contributed by atoms with E-state index in [1.807, 2.05) is 0 Å². The molecule has 0 heterocycles. The summed E-state index contributed by atoms with van der Waals surface area (Å²) in [6.07, 6.45) is 3.85.